The molecule has 28 heavy (non-hydrogen) atoms. The van der Waals surface area contributed by atoms with Gasteiger partial charge in [0, 0.05) is 24.2 Å². The SMILES string of the molecule is COc1ccc(-c2cn3ccn(-c4ccc(F)c(Cl)c4)c(=O)c3n2)cc1OC. The zero-order valence-corrected chi connectivity index (χ0v) is 15.8. The molecule has 0 N–H and O–H groups in total. The minimum absolute atomic E-state index is 0.0568. The van der Waals surface area contributed by atoms with Gasteiger partial charge in [0.15, 0.2) is 11.5 Å². The summed E-state index contributed by atoms with van der Waals surface area (Å²) in [4.78, 5) is 17.4. The van der Waals surface area contributed by atoms with Crippen LogP contribution in [-0.2, 0) is 0 Å². The number of aromatic nitrogens is 3. The highest BCUT2D eigenvalue weighted by Crippen LogP contribution is 2.31. The molecular weight excluding hydrogens is 385 g/mol. The lowest BCUT2D eigenvalue weighted by molar-refractivity contribution is 0.355. The molecule has 2 aromatic carbocycles. The highest BCUT2D eigenvalue weighted by atomic mass is 35.5. The second kappa shape index (κ2) is 7.01. The van der Waals surface area contributed by atoms with Crippen LogP contribution < -0.4 is 15.0 Å². The second-order valence-electron chi connectivity index (χ2n) is 6.00. The predicted molar refractivity (Wildman–Crippen MR) is 104 cm³/mol. The van der Waals surface area contributed by atoms with Crippen molar-refractivity contribution >= 4 is 17.2 Å². The molecule has 6 nitrogen and oxygen atoms in total. The van der Waals surface area contributed by atoms with Crippen LogP contribution in [0.3, 0.4) is 0 Å². The van der Waals surface area contributed by atoms with Gasteiger partial charge in [-0.25, -0.2) is 9.37 Å². The van der Waals surface area contributed by atoms with Crippen molar-refractivity contribution in [1.82, 2.24) is 14.0 Å². The van der Waals surface area contributed by atoms with Crippen LogP contribution in [0.1, 0.15) is 0 Å². The number of methoxy groups -OCH3 is 2. The fourth-order valence-electron chi connectivity index (χ4n) is 2.95. The van der Waals surface area contributed by atoms with Gasteiger partial charge in [0.1, 0.15) is 5.82 Å². The van der Waals surface area contributed by atoms with Gasteiger partial charge < -0.3 is 13.9 Å². The van der Waals surface area contributed by atoms with Crippen molar-refractivity contribution in [3.8, 4) is 28.4 Å². The number of halogens is 2. The van der Waals surface area contributed by atoms with Gasteiger partial charge in [0.2, 0.25) is 5.65 Å². The van der Waals surface area contributed by atoms with Gasteiger partial charge in [0.05, 0.1) is 30.6 Å². The average molecular weight is 400 g/mol. The summed E-state index contributed by atoms with van der Waals surface area (Å²) in [5, 5.41) is -0.0568. The van der Waals surface area contributed by atoms with E-state index in [0.717, 1.165) is 5.56 Å². The van der Waals surface area contributed by atoms with E-state index < -0.39 is 5.82 Å². The third kappa shape index (κ3) is 2.99. The molecule has 0 aliphatic carbocycles. The van der Waals surface area contributed by atoms with Crippen molar-refractivity contribution in [2.24, 2.45) is 0 Å². The van der Waals surface area contributed by atoms with Crippen LogP contribution in [0.15, 0.2) is 59.8 Å². The Hall–Kier alpha value is -3.32. The topological polar surface area (TPSA) is 57.8 Å². The molecule has 4 rings (SSSR count). The Kier molecular flexibility index (Phi) is 4.52. The first-order valence-corrected chi connectivity index (χ1v) is 8.68. The van der Waals surface area contributed by atoms with Crippen LogP contribution in [0.4, 0.5) is 4.39 Å². The van der Waals surface area contributed by atoms with Crippen LogP contribution in [0, 0.1) is 5.82 Å². The molecule has 0 aliphatic heterocycles. The van der Waals surface area contributed by atoms with E-state index in [1.807, 2.05) is 6.07 Å². The quantitative estimate of drug-likeness (QED) is 0.521. The Labute approximate surface area is 164 Å². The molecule has 0 aliphatic rings. The Morgan fingerprint density at radius 1 is 1.04 bits per heavy atom. The smallest absolute Gasteiger partial charge is 0.298 e. The zero-order chi connectivity index (χ0) is 19.8. The highest BCUT2D eigenvalue weighted by Gasteiger charge is 2.13. The lowest BCUT2D eigenvalue weighted by atomic mass is 10.1. The van der Waals surface area contributed by atoms with E-state index in [2.05, 4.69) is 4.98 Å². The number of nitrogens with zero attached hydrogens (tertiary/aromatic N) is 3. The van der Waals surface area contributed by atoms with Gasteiger partial charge in [0.25, 0.3) is 5.56 Å². The first kappa shape index (κ1) is 18.1. The number of rotatable bonds is 4. The molecule has 0 fully saturated rings. The molecule has 0 radical (unpaired) electrons. The Morgan fingerprint density at radius 2 is 1.82 bits per heavy atom. The summed E-state index contributed by atoms with van der Waals surface area (Å²) < 4.78 is 27.0. The minimum atomic E-state index is -0.545. The van der Waals surface area contributed by atoms with Crippen molar-refractivity contribution in [1.29, 1.82) is 0 Å². The van der Waals surface area contributed by atoms with Gasteiger partial charge in [-0.1, -0.05) is 11.6 Å². The number of hydrogen-bond acceptors (Lipinski definition) is 4. The van der Waals surface area contributed by atoms with Crippen LogP contribution in [-0.4, -0.2) is 28.2 Å². The maximum atomic E-state index is 13.4. The molecule has 0 saturated heterocycles. The van der Waals surface area contributed by atoms with E-state index in [9.17, 15) is 9.18 Å². The van der Waals surface area contributed by atoms with E-state index in [1.54, 1.807) is 49.3 Å². The van der Waals surface area contributed by atoms with Gasteiger partial charge >= 0.3 is 0 Å². The van der Waals surface area contributed by atoms with Gasteiger partial charge in [-0.05, 0) is 36.4 Å². The lowest BCUT2D eigenvalue weighted by Crippen LogP contribution is -2.20. The minimum Gasteiger partial charge on any atom is -0.493 e. The van der Waals surface area contributed by atoms with Crippen molar-refractivity contribution < 1.29 is 13.9 Å². The maximum absolute atomic E-state index is 13.4. The van der Waals surface area contributed by atoms with E-state index >= 15 is 0 Å². The van der Waals surface area contributed by atoms with Crippen LogP contribution in [0.25, 0.3) is 22.6 Å². The van der Waals surface area contributed by atoms with Crippen LogP contribution in [0.2, 0.25) is 5.02 Å². The molecule has 0 bridgehead atoms. The van der Waals surface area contributed by atoms with Gasteiger partial charge in [-0.3, -0.25) is 9.36 Å². The zero-order valence-electron chi connectivity index (χ0n) is 15.0. The molecule has 4 aromatic rings. The summed E-state index contributed by atoms with van der Waals surface area (Å²) in [7, 11) is 3.12. The molecule has 0 saturated carbocycles. The Bertz CT molecular complexity index is 1250. The summed E-state index contributed by atoms with van der Waals surface area (Å²) in [5.74, 6) is 0.622. The predicted octanol–water partition coefficient (Wildman–Crippen LogP) is 3.96. The molecule has 0 amide bonds. The summed E-state index contributed by atoms with van der Waals surface area (Å²) in [5.41, 5.74) is 1.71. The van der Waals surface area contributed by atoms with E-state index in [4.69, 9.17) is 21.1 Å². The fourth-order valence-corrected chi connectivity index (χ4v) is 3.13. The van der Waals surface area contributed by atoms with Crippen molar-refractivity contribution in [2.45, 2.75) is 0 Å². The summed E-state index contributed by atoms with van der Waals surface area (Å²) in [6.07, 6.45) is 5.03. The molecule has 0 spiro atoms. The highest BCUT2D eigenvalue weighted by molar-refractivity contribution is 6.30. The first-order chi connectivity index (χ1) is 13.5. The Morgan fingerprint density at radius 3 is 2.54 bits per heavy atom. The second-order valence-corrected chi connectivity index (χ2v) is 6.41. The van der Waals surface area contributed by atoms with Crippen LogP contribution in [0.5, 0.6) is 11.5 Å². The molecule has 0 unspecified atom stereocenters. The van der Waals surface area contributed by atoms with E-state index in [0.29, 0.717) is 22.9 Å². The number of hydrogen-bond donors (Lipinski definition) is 0. The Balaban J connectivity index is 1.83. The third-order valence-corrected chi connectivity index (χ3v) is 4.67. The van der Waals surface area contributed by atoms with E-state index in [-0.39, 0.29) is 16.2 Å². The average Bonchev–Trinajstić information content (AvgIpc) is 3.15. The van der Waals surface area contributed by atoms with Crippen molar-refractivity contribution in [2.75, 3.05) is 14.2 Å². The molecule has 0 atom stereocenters. The molecule has 2 heterocycles. The number of imidazole rings is 1. The summed E-state index contributed by atoms with van der Waals surface area (Å²) in [6, 6.07) is 9.50. The van der Waals surface area contributed by atoms with Crippen LogP contribution >= 0.6 is 11.6 Å². The molecule has 2 aromatic heterocycles. The normalized spacial score (nSPS) is 11.0. The number of fused-ring (bicyclic) bond motifs is 1. The monoisotopic (exact) mass is 399 g/mol. The molecule has 142 valence electrons. The first-order valence-electron chi connectivity index (χ1n) is 8.30. The maximum Gasteiger partial charge on any atom is 0.298 e. The summed E-state index contributed by atoms with van der Waals surface area (Å²) >= 11 is 5.84. The number of benzene rings is 2. The van der Waals surface area contributed by atoms with Crippen molar-refractivity contribution in [3.63, 3.8) is 0 Å². The van der Waals surface area contributed by atoms with Gasteiger partial charge in [-0.2, -0.15) is 0 Å². The lowest BCUT2D eigenvalue weighted by Gasteiger charge is -2.08. The van der Waals surface area contributed by atoms with Crippen molar-refractivity contribution in [3.05, 3.63) is 76.2 Å². The van der Waals surface area contributed by atoms with Gasteiger partial charge in [-0.15, -0.1) is 0 Å². The largest absolute Gasteiger partial charge is 0.493 e. The molecular formula is C20H15ClFN3O3. The standard InChI is InChI=1S/C20H15ClFN3O3/c1-27-17-6-3-12(9-18(17)28-2)16-11-24-7-8-25(20(26)19(24)23-16)13-4-5-15(22)14(21)10-13/h3-11H,1-2H3. The molecule has 8 heteroatoms. The number of ether oxygens (including phenoxy) is 2. The van der Waals surface area contributed by atoms with E-state index in [1.165, 1.54) is 22.8 Å². The fraction of sp³-hybridized carbons (Fsp3) is 0.100. The third-order valence-electron chi connectivity index (χ3n) is 4.38. The summed E-state index contributed by atoms with van der Waals surface area (Å²) in [6.45, 7) is 0.